The van der Waals surface area contributed by atoms with Crippen molar-refractivity contribution in [2.45, 2.75) is 38.8 Å². The molecule has 8 N–H and O–H groups in total. The number of nitrogens with one attached hydrogen (secondary N) is 2. The Morgan fingerprint density at radius 2 is 2.21 bits per heavy atom. The average molecular weight is 336 g/mol. The van der Waals surface area contributed by atoms with E-state index in [9.17, 15) is 9.90 Å². The molecular weight excluding hydrogens is 308 g/mol. The van der Waals surface area contributed by atoms with Crippen LogP contribution in [0.1, 0.15) is 26.3 Å². The molecule has 7 heteroatoms. The largest absolute Gasteiger partial charge is 0.490 e. The van der Waals surface area contributed by atoms with Crippen molar-refractivity contribution in [2.75, 3.05) is 13.2 Å². The van der Waals surface area contributed by atoms with E-state index in [-0.39, 0.29) is 24.5 Å². The molecule has 1 amide bonds. The maximum absolute atomic E-state index is 11.6. The summed E-state index contributed by atoms with van der Waals surface area (Å²) < 4.78 is 5.82. The maximum Gasteiger partial charge on any atom is 0.269 e. The fourth-order valence-electron chi connectivity index (χ4n) is 2.46. The second kappa shape index (κ2) is 7.65. The van der Waals surface area contributed by atoms with Gasteiger partial charge in [-0.05, 0) is 38.5 Å². The van der Waals surface area contributed by atoms with Crippen LogP contribution in [0.2, 0.25) is 0 Å². The van der Waals surface area contributed by atoms with Gasteiger partial charge in [0.15, 0.2) is 0 Å². The van der Waals surface area contributed by atoms with Crippen LogP contribution in [0.25, 0.3) is 10.9 Å². The summed E-state index contributed by atoms with van der Waals surface area (Å²) in [6.07, 6.45) is 1.46. The zero-order chi connectivity index (χ0) is 17.7. The van der Waals surface area contributed by atoms with E-state index < -0.39 is 6.10 Å². The lowest BCUT2D eigenvalue weighted by Crippen LogP contribution is -2.96. The van der Waals surface area contributed by atoms with Crippen LogP contribution in [0, 0.1) is 0 Å². The molecule has 1 unspecified atom stereocenters. The van der Waals surface area contributed by atoms with Gasteiger partial charge >= 0.3 is 0 Å². The summed E-state index contributed by atoms with van der Waals surface area (Å²) in [5.41, 5.74) is 4.19. The fourth-order valence-corrected chi connectivity index (χ4v) is 2.46. The van der Waals surface area contributed by atoms with Crippen LogP contribution >= 0.6 is 0 Å². The number of ether oxygens (including phenoxy) is 1. The first kappa shape index (κ1) is 18.3. The van der Waals surface area contributed by atoms with Crippen molar-refractivity contribution in [1.82, 2.24) is 10.4 Å². The van der Waals surface area contributed by atoms with Crippen LogP contribution in [-0.4, -0.2) is 40.8 Å². The van der Waals surface area contributed by atoms with Gasteiger partial charge in [-0.1, -0.05) is 6.07 Å². The molecule has 0 saturated carbocycles. The first-order chi connectivity index (χ1) is 11.3. The summed E-state index contributed by atoms with van der Waals surface area (Å²) in [5.74, 6) is 3.89. The second-order valence-electron chi connectivity index (χ2n) is 7.04. The molecule has 0 fully saturated rings. The van der Waals surface area contributed by atoms with Crippen LogP contribution in [0.4, 0.5) is 0 Å². The number of hydrogen-bond acceptors (Lipinski definition) is 3. The van der Waals surface area contributed by atoms with Crippen molar-refractivity contribution in [2.24, 2.45) is 0 Å². The Morgan fingerprint density at radius 1 is 1.46 bits per heavy atom. The lowest BCUT2D eigenvalue weighted by Gasteiger charge is -2.19. The number of aliphatic hydroxyl groups is 1. The SMILES string of the molecule is CC(C)(C)[NH2+]CC(O)COc1cccc2[nH]cc(CC(=O)N[NH3+])c12. The van der Waals surface area contributed by atoms with E-state index in [0.29, 0.717) is 12.3 Å². The predicted molar refractivity (Wildman–Crippen MR) is 91.1 cm³/mol. The third-order valence-corrected chi connectivity index (χ3v) is 3.73. The predicted octanol–water partition coefficient (Wildman–Crippen LogP) is -0.915. The maximum atomic E-state index is 11.6. The van der Waals surface area contributed by atoms with Crippen molar-refractivity contribution in [3.8, 4) is 5.75 Å². The highest BCUT2D eigenvalue weighted by Gasteiger charge is 2.18. The number of benzene rings is 1. The first-order valence-corrected chi connectivity index (χ1v) is 8.10. The Morgan fingerprint density at radius 3 is 2.88 bits per heavy atom. The smallest absolute Gasteiger partial charge is 0.269 e. The topological polar surface area (TPSA) is 119 Å². The van der Waals surface area contributed by atoms with Gasteiger partial charge in [0.05, 0.1) is 12.0 Å². The highest BCUT2D eigenvalue weighted by molar-refractivity contribution is 5.92. The van der Waals surface area contributed by atoms with Crippen molar-refractivity contribution < 1.29 is 25.8 Å². The number of nitrogens with two attached hydrogens (primary N) is 1. The van der Waals surface area contributed by atoms with Gasteiger partial charge in [0.1, 0.15) is 25.0 Å². The summed E-state index contributed by atoms with van der Waals surface area (Å²) in [6.45, 7) is 7.07. The molecule has 132 valence electrons. The van der Waals surface area contributed by atoms with Crippen LogP contribution in [0.5, 0.6) is 5.75 Å². The minimum absolute atomic E-state index is 0.0658. The number of aliphatic hydroxyl groups excluding tert-OH is 1. The lowest BCUT2D eigenvalue weighted by atomic mass is 10.1. The van der Waals surface area contributed by atoms with Crippen LogP contribution in [0.15, 0.2) is 24.4 Å². The highest BCUT2D eigenvalue weighted by Crippen LogP contribution is 2.29. The zero-order valence-corrected chi connectivity index (χ0v) is 14.6. The van der Waals surface area contributed by atoms with Gasteiger partial charge in [-0.3, -0.25) is 10.6 Å². The highest BCUT2D eigenvalue weighted by atomic mass is 16.5. The van der Waals surface area contributed by atoms with Crippen molar-refractivity contribution in [3.63, 3.8) is 0 Å². The van der Waals surface area contributed by atoms with Gasteiger partial charge in [-0.15, -0.1) is 0 Å². The van der Waals surface area contributed by atoms with E-state index in [1.165, 1.54) is 0 Å². The molecule has 0 spiro atoms. The minimum atomic E-state index is -0.565. The van der Waals surface area contributed by atoms with Gasteiger partial charge in [0.25, 0.3) is 5.91 Å². The molecule has 1 heterocycles. The third kappa shape index (κ3) is 4.95. The summed E-state index contributed by atoms with van der Waals surface area (Å²) in [7, 11) is 0. The van der Waals surface area contributed by atoms with Crippen molar-refractivity contribution in [3.05, 3.63) is 30.0 Å². The molecule has 0 aliphatic heterocycles. The molecule has 2 aromatic rings. The quantitative estimate of drug-likeness (QED) is 0.421. The number of aromatic amines is 1. The molecule has 0 saturated heterocycles. The third-order valence-electron chi connectivity index (χ3n) is 3.73. The van der Waals surface area contributed by atoms with E-state index in [1.54, 1.807) is 6.20 Å². The number of rotatable bonds is 7. The van der Waals surface area contributed by atoms with Crippen molar-refractivity contribution in [1.29, 1.82) is 0 Å². The molecule has 0 aliphatic rings. The van der Waals surface area contributed by atoms with E-state index in [2.05, 4.69) is 42.3 Å². The van der Waals surface area contributed by atoms with Crippen molar-refractivity contribution >= 4 is 16.8 Å². The second-order valence-corrected chi connectivity index (χ2v) is 7.04. The minimum Gasteiger partial charge on any atom is -0.490 e. The Bertz CT molecular complexity index is 691. The number of aromatic nitrogens is 1. The van der Waals surface area contributed by atoms with Crippen LogP contribution in [-0.2, 0) is 11.2 Å². The Hall–Kier alpha value is -2.09. The van der Waals surface area contributed by atoms with E-state index >= 15 is 0 Å². The normalized spacial score (nSPS) is 13.0. The first-order valence-electron chi connectivity index (χ1n) is 8.10. The summed E-state index contributed by atoms with van der Waals surface area (Å²) in [5, 5.41) is 13.1. The number of hydrogen-bond donors (Lipinski definition) is 5. The molecule has 1 aromatic carbocycles. The van der Waals surface area contributed by atoms with Gasteiger partial charge in [0.2, 0.25) is 0 Å². The number of H-pyrrole nitrogens is 1. The van der Waals surface area contributed by atoms with Gasteiger partial charge in [0, 0.05) is 17.1 Å². The number of carbonyl (C=O) groups is 1. The van der Waals surface area contributed by atoms with Gasteiger partial charge in [-0.25, -0.2) is 5.43 Å². The summed E-state index contributed by atoms with van der Waals surface area (Å²) in [4.78, 5) is 14.7. The number of carbonyl (C=O) groups excluding carboxylic acids is 1. The molecule has 1 atom stereocenters. The molecule has 2 rings (SSSR count). The summed E-state index contributed by atoms with van der Waals surface area (Å²) in [6, 6.07) is 5.66. The lowest BCUT2D eigenvalue weighted by molar-refractivity contribution is -0.722. The average Bonchev–Trinajstić information content (AvgIpc) is 2.93. The Kier molecular flexibility index (Phi) is 5.82. The van der Waals surface area contributed by atoms with Gasteiger partial charge in [-0.2, -0.15) is 0 Å². The standard InChI is InChI=1S/C17H26N4O3/c1-17(2,3)20-9-12(22)10-24-14-6-4-5-13-16(14)11(8-19-13)7-15(23)21-18/h4-6,8,12,19-20,22H,7,9-10,18H2,1-3H3,(H,21,23)/p+2. The number of amides is 1. The Labute approximate surface area is 141 Å². The molecule has 7 nitrogen and oxygen atoms in total. The Balaban J connectivity index is 2.08. The van der Waals surface area contributed by atoms with Crippen LogP contribution in [0.3, 0.4) is 0 Å². The van der Waals surface area contributed by atoms with E-state index in [0.717, 1.165) is 16.5 Å². The zero-order valence-electron chi connectivity index (χ0n) is 14.6. The molecule has 1 aromatic heterocycles. The number of fused-ring (bicyclic) bond motifs is 1. The van der Waals surface area contributed by atoms with E-state index in [1.807, 2.05) is 18.2 Å². The molecule has 0 radical (unpaired) electrons. The molecular formula is C17H28N4O3+2. The number of quaternary nitrogens is 2. The van der Waals surface area contributed by atoms with Gasteiger partial charge < -0.3 is 20.1 Å². The molecule has 0 aliphatic carbocycles. The summed E-state index contributed by atoms with van der Waals surface area (Å²) >= 11 is 0. The molecule has 0 bridgehead atoms. The van der Waals surface area contributed by atoms with E-state index in [4.69, 9.17) is 4.74 Å². The van der Waals surface area contributed by atoms with Crippen LogP contribution < -0.4 is 21.3 Å². The molecule has 24 heavy (non-hydrogen) atoms. The fraction of sp³-hybridized carbons (Fsp3) is 0.471. The monoisotopic (exact) mass is 336 g/mol.